The molecule has 2 aromatic rings. The molecule has 0 aromatic heterocycles. The predicted molar refractivity (Wildman–Crippen MR) is 89.4 cm³/mol. The molecule has 6 nitrogen and oxygen atoms in total. The minimum absolute atomic E-state index is 0.00475. The third-order valence-electron chi connectivity index (χ3n) is 3.47. The number of rotatable bonds is 5. The van der Waals surface area contributed by atoms with E-state index in [9.17, 15) is 16.8 Å². The van der Waals surface area contributed by atoms with E-state index in [0.717, 1.165) is 11.1 Å². The van der Waals surface area contributed by atoms with Crippen LogP contribution in [0.25, 0.3) is 0 Å². The van der Waals surface area contributed by atoms with Gasteiger partial charge in [0.2, 0.25) is 10.0 Å². The molecular weight excluding hydrogens is 336 g/mol. The number of aryl methyl sites for hydroxylation is 2. The zero-order chi connectivity index (χ0) is 17.3. The van der Waals surface area contributed by atoms with Gasteiger partial charge in [-0.25, -0.2) is 21.6 Å². The molecular formula is C15H18N2O4S2. The monoisotopic (exact) mass is 354 g/mol. The van der Waals surface area contributed by atoms with E-state index >= 15 is 0 Å². The zero-order valence-electron chi connectivity index (χ0n) is 13.0. The van der Waals surface area contributed by atoms with Gasteiger partial charge in [0, 0.05) is 5.69 Å². The highest BCUT2D eigenvalue weighted by Crippen LogP contribution is 2.20. The molecule has 0 fully saturated rings. The second kappa shape index (κ2) is 6.31. The van der Waals surface area contributed by atoms with Gasteiger partial charge in [-0.05, 0) is 68.4 Å². The maximum atomic E-state index is 12.4. The fourth-order valence-corrected chi connectivity index (χ4v) is 3.71. The zero-order valence-corrected chi connectivity index (χ0v) is 14.6. The number of nitrogens with one attached hydrogen (secondary N) is 2. The molecule has 0 aliphatic carbocycles. The van der Waals surface area contributed by atoms with Crippen molar-refractivity contribution >= 4 is 25.7 Å². The number of hydrogen-bond acceptors (Lipinski definition) is 4. The lowest BCUT2D eigenvalue weighted by molar-refractivity contribution is 0.587. The standard InChI is InChI=1S/C15H18N2O4S2/c1-11-4-5-13(10-12(11)2)17-23(20,21)15-8-6-14(7-9-15)22(18,19)16-3/h4-10,16-17H,1-3H3. The van der Waals surface area contributed by atoms with Crippen molar-refractivity contribution in [3.05, 3.63) is 53.6 Å². The minimum atomic E-state index is -3.78. The average molecular weight is 354 g/mol. The van der Waals surface area contributed by atoms with Crippen LogP contribution in [0.3, 0.4) is 0 Å². The van der Waals surface area contributed by atoms with Crippen molar-refractivity contribution in [1.29, 1.82) is 0 Å². The smallest absolute Gasteiger partial charge is 0.261 e. The second-order valence-electron chi connectivity index (χ2n) is 5.08. The van der Waals surface area contributed by atoms with Gasteiger partial charge in [-0.2, -0.15) is 0 Å². The van der Waals surface area contributed by atoms with Crippen LogP contribution in [0, 0.1) is 13.8 Å². The summed E-state index contributed by atoms with van der Waals surface area (Å²) < 4.78 is 52.7. The summed E-state index contributed by atoms with van der Waals surface area (Å²) in [6.07, 6.45) is 0. The van der Waals surface area contributed by atoms with Crippen LogP contribution in [0.2, 0.25) is 0 Å². The van der Waals surface area contributed by atoms with Gasteiger partial charge in [0.25, 0.3) is 10.0 Å². The lowest BCUT2D eigenvalue weighted by Gasteiger charge is -2.10. The Hall–Kier alpha value is -1.90. The number of hydrogen-bond donors (Lipinski definition) is 2. The van der Waals surface area contributed by atoms with Crippen molar-refractivity contribution < 1.29 is 16.8 Å². The van der Waals surface area contributed by atoms with E-state index in [1.807, 2.05) is 19.9 Å². The summed E-state index contributed by atoms with van der Waals surface area (Å²) in [5.41, 5.74) is 2.50. The van der Waals surface area contributed by atoms with Crippen LogP contribution >= 0.6 is 0 Å². The van der Waals surface area contributed by atoms with Gasteiger partial charge in [-0.3, -0.25) is 4.72 Å². The summed E-state index contributed by atoms with van der Waals surface area (Å²) in [6, 6.07) is 10.3. The molecule has 0 heterocycles. The van der Waals surface area contributed by atoms with Crippen LogP contribution < -0.4 is 9.44 Å². The molecule has 23 heavy (non-hydrogen) atoms. The molecule has 0 saturated carbocycles. The van der Waals surface area contributed by atoms with Gasteiger partial charge >= 0.3 is 0 Å². The number of sulfonamides is 2. The van der Waals surface area contributed by atoms with Gasteiger partial charge in [0.15, 0.2) is 0 Å². The SMILES string of the molecule is CNS(=O)(=O)c1ccc(S(=O)(=O)Nc2ccc(C)c(C)c2)cc1. The van der Waals surface area contributed by atoms with Crippen molar-refractivity contribution in [3.8, 4) is 0 Å². The first-order valence-corrected chi connectivity index (χ1v) is 9.76. The van der Waals surface area contributed by atoms with Gasteiger partial charge in [0.05, 0.1) is 9.79 Å². The average Bonchev–Trinajstić information content (AvgIpc) is 2.51. The summed E-state index contributed by atoms with van der Waals surface area (Å²) in [5.74, 6) is 0. The van der Waals surface area contributed by atoms with Crippen molar-refractivity contribution in [3.63, 3.8) is 0 Å². The van der Waals surface area contributed by atoms with Crippen LogP contribution in [0.1, 0.15) is 11.1 Å². The maximum absolute atomic E-state index is 12.4. The third-order valence-corrected chi connectivity index (χ3v) is 6.30. The normalized spacial score (nSPS) is 12.1. The van der Waals surface area contributed by atoms with Gasteiger partial charge in [-0.1, -0.05) is 6.07 Å². The Morgan fingerprint density at radius 2 is 1.26 bits per heavy atom. The Labute approximate surface area is 136 Å². The van der Waals surface area contributed by atoms with Gasteiger partial charge in [0.1, 0.15) is 0 Å². The van der Waals surface area contributed by atoms with Crippen LogP contribution in [-0.4, -0.2) is 23.9 Å². The van der Waals surface area contributed by atoms with Crippen LogP contribution in [-0.2, 0) is 20.0 Å². The molecule has 2 N–H and O–H groups in total. The first-order chi connectivity index (χ1) is 10.7. The number of anilines is 1. The Morgan fingerprint density at radius 1 is 0.739 bits per heavy atom. The largest absolute Gasteiger partial charge is 0.280 e. The highest BCUT2D eigenvalue weighted by Gasteiger charge is 2.17. The number of benzene rings is 2. The lowest BCUT2D eigenvalue weighted by Crippen LogP contribution is -2.19. The second-order valence-corrected chi connectivity index (χ2v) is 8.65. The summed E-state index contributed by atoms with van der Waals surface area (Å²) in [6.45, 7) is 3.83. The molecule has 124 valence electrons. The Balaban J connectivity index is 2.31. The molecule has 2 aromatic carbocycles. The lowest BCUT2D eigenvalue weighted by atomic mass is 10.1. The summed E-state index contributed by atoms with van der Waals surface area (Å²) in [7, 11) is -6.08. The Morgan fingerprint density at radius 3 is 1.74 bits per heavy atom. The quantitative estimate of drug-likeness (QED) is 0.859. The van der Waals surface area contributed by atoms with E-state index in [-0.39, 0.29) is 9.79 Å². The van der Waals surface area contributed by atoms with Crippen LogP contribution in [0.5, 0.6) is 0 Å². The molecule has 0 unspecified atom stereocenters. The van der Waals surface area contributed by atoms with E-state index < -0.39 is 20.0 Å². The van der Waals surface area contributed by atoms with E-state index in [1.165, 1.54) is 31.3 Å². The van der Waals surface area contributed by atoms with E-state index in [4.69, 9.17) is 0 Å². The fourth-order valence-electron chi connectivity index (χ4n) is 1.93. The summed E-state index contributed by atoms with van der Waals surface area (Å²) >= 11 is 0. The maximum Gasteiger partial charge on any atom is 0.261 e. The molecule has 8 heteroatoms. The molecule has 0 aliphatic rings. The summed E-state index contributed by atoms with van der Waals surface area (Å²) in [5, 5.41) is 0. The molecule has 0 spiro atoms. The van der Waals surface area contributed by atoms with Crippen molar-refractivity contribution in [2.45, 2.75) is 23.6 Å². The molecule has 0 amide bonds. The van der Waals surface area contributed by atoms with Crippen molar-refractivity contribution in [2.24, 2.45) is 0 Å². The van der Waals surface area contributed by atoms with Crippen molar-refractivity contribution in [1.82, 2.24) is 4.72 Å². The molecule has 2 rings (SSSR count). The first kappa shape index (κ1) is 17.5. The third kappa shape index (κ3) is 3.90. The van der Waals surface area contributed by atoms with E-state index in [2.05, 4.69) is 9.44 Å². The fraction of sp³-hybridized carbons (Fsp3) is 0.200. The van der Waals surface area contributed by atoms with E-state index in [0.29, 0.717) is 5.69 Å². The summed E-state index contributed by atoms with van der Waals surface area (Å²) in [4.78, 5) is -0.00379. The van der Waals surface area contributed by atoms with Crippen LogP contribution in [0.4, 0.5) is 5.69 Å². The Kier molecular flexibility index (Phi) is 4.79. The Bertz CT molecular complexity index is 918. The molecule has 0 radical (unpaired) electrons. The topological polar surface area (TPSA) is 92.3 Å². The highest BCUT2D eigenvalue weighted by atomic mass is 32.2. The predicted octanol–water partition coefficient (Wildman–Crippen LogP) is 2.01. The molecule has 0 bridgehead atoms. The molecule has 0 aliphatic heterocycles. The van der Waals surface area contributed by atoms with Gasteiger partial charge < -0.3 is 0 Å². The van der Waals surface area contributed by atoms with Gasteiger partial charge in [-0.15, -0.1) is 0 Å². The molecule has 0 atom stereocenters. The molecule has 0 saturated heterocycles. The van der Waals surface area contributed by atoms with Crippen LogP contribution in [0.15, 0.2) is 52.3 Å². The minimum Gasteiger partial charge on any atom is -0.280 e. The van der Waals surface area contributed by atoms with Crippen molar-refractivity contribution in [2.75, 3.05) is 11.8 Å². The highest BCUT2D eigenvalue weighted by molar-refractivity contribution is 7.92. The van der Waals surface area contributed by atoms with E-state index in [1.54, 1.807) is 12.1 Å². The first-order valence-electron chi connectivity index (χ1n) is 6.79.